The third-order valence-corrected chi connectivity index (χ3v) is 1.20. The lowest BCUT2D eigenvalue weighted by atomic mass is 10.2. The van der Waals surface area contributed by atoms with Crippen LogP contribution in [0.25, 0.3) is 0 Å². The van der Waals surface area contributed by atoms with Crippen LogP contribution in [0, 0.1) is 0 Å². The Labute approximate surface area is 58.6 Å². The monoisotopic (exact) mass is 139 g/mol. The quantitative estimate of drug-likeness (QED) is 0.591. The molecule has 0 aromatic carbocycles. The topological polar surface area (TPSA) is 57.8 Å². The summed E-state index contributed by atoms with van der Waals surface area (Å²) in [5.41, 5.74) is 0.902. The van der Waals surface area contributed by atoms with Gasteiger partial charge >= 0.3 is 0 Å². The number of aromatic amines is 1. The largest absolute Gasteiger partial charge is 0.359 e. The Kier molecular flexibility index (Phi) is 2.04. The molecule has 0 saturated carbocycles. The summed E-state index contributed by atoms with van der Waals surface area (Å²) in [6, 6.07) is 0. The van der Waals surface area contributed by atoms with Crippen LogP contribution in [0.3, 0.4) is 0 Å². The minimum Gasteiger partial charge on any atom is -0.359 e. The number of nitrogens with one attached hydrogen (secondary N) is 2. The number of aromatic nitrogens is 2. The average molecular weight is 139 g/mol. The second-order valence-electron chi connectivity index (χ2n) is 1.96. The molecule has 0 unspecified atom stereocenters. The Morgan fingerprint density at radius 2 is 2.70 bits per heavy atom. The summed E-state index contributed by atoms with van der Waals surface area (Å²) in [6.45, 7) is 0. The van der Waals surface area contributed by atoms with E-state index >= 15 is 0 Å². The van der Waals surface area contributed by atoms with Gasteiger partial charge in [-0.15, -0.1) is 0 Å². The Morgan fingerprint density at radius 1 is 1.90 bits per heavy atom. The molecule has 0 spiro atoms. The highest BCUT2D eigenvalue weighted by atomic mass is 16.1. The summed E-state index contributed by atoms with van der Waals surface area (Å²) in [4.78, 5) is 10.7. The van der Waals surface area contributed by atoms with Crippen LogP contribution in [0.2, 0.25) is 0 Å². The van der Waals surface area contributed by atoms with Gasteiger partial charge in [0, 0.05) is 13.2 Å². The molecular weight excluding hydrogens is 130 g/mol. The summed E-state index contributed by atoms with van der Waals surface area (Å²) < 4.78 is 0. The molecule has 2 N–H and O–H groups in total. The molecular formula is C6H9N3O. The third-order valence-electron chi connectivity index (χ3n) is 1.20. The molecule has 0 bridgehead atoms. The van der Waals surface area contributed by atoms with Crippen molar-refractivity contribution in [2.45, 2.75) is 6.42 Å². The number of carbonyl (C=O) groups is 1. The first-order chi connectivity index (χ1) is 4.83. The normalized spacial score (nSPS) is 9.30. The van der Waals surface area contributed by atoms with Gasteiger partial charge in [0.1, 0.15) is 0 Å². The zero-order valence-electron chi connectivity index (χ0n) is 5.72. The molecule has 4 heteroatoms. The highest BCUT2D eigenvalue weighted by Crippen LogP contribution is 1.93. The average Bonchev–Trinajstić information content (AvgIpc) is 2.40. The van der Waals surface area contributed by atoms with Crippen LogP contribution in [-0.2, 0) is 11.2 Å². The molecule has 0 aliphatic carbocycles. The number of hydrogen-bond donors (Lipinski definition) is 2. The lowest BCUT2D eigenvalue weighted by Gasteiger charge is -1.93. The minimum absolute atomic E-state index is 0.00130. The molecule has 0 aliphatic heterocycles. The van der Waals surface area contributed by atoms with Crippen LogP contribution in [-0.4, -0.2) is 23.2 Å². The molecule has 1 aromatic heterocycles. The summed E-state index contributed by atoms with van der Waals surface area (Å²) in [7, 11) is 1.61. The van der Waals surface area contributed by atoms with Crippen molar-refractivity contribution in [3.8, 4) is 0 Å². The van der Waals surface area contributed by atoms with E-state index in [4.69, 9.17) is 0 Å². The maximum Gasteiger partial charge on any atom is 0.224 e. The number of nitrogens with zero attached hydrogens (tertiary/aromatic N) is 1. The molecule has 0 saturated heterocycles. The first-order valence-corrected chi connectivity index (χ1v) is 3.01. The molecule has 0 radical (unpaired) electrons. The fraction of sp³-hybridized carbons (Fsp3) is 0.333. The van der Waals surface area contributed by atoms with E-state index in [1.807, 2.05) is 0 Å². The summed E-state index contributed by atoms with van der Waals surface area (Å²) in [5, 5.41) is 8.86. The van der Waals surface area contributed by atoms with E-state index in [9.17, 15) is 4.79 Å². The Bertz CT molecular complexity index is 205. The van der Waals surface area contributed by atoms with Crippen molar-refractivity contribution >= 4 is 5.91 Å². The van der Waals surface area contributed by atoms with Crippen molar-refractivity contribution in [2.75, 3.05) is 7.05 Å². The van der Waals surface area contributed by atoms with E-state index in [1.165, 1.54) is 0 Å². The highest BCUT2D eigenvalue weighted by molar-refractivity contribution is 5.77. The fourth-order valence-corrected chi connectivity index (χ4v) is 0.648. The molecule has 1 aromatic rings. The Hall–Kier alpha value is -1.32. The standard InChI is InChI=1S/C6H9N3O/c1-7-6(10)2-5-3-8-9-4-5/h3-4H,2H2,1H3,(H,7,10)(H,8,9). The SMILES string of the molecule is CNC(=O)Cc1cn[nH]c1. The van der Waals surface area contributed by atoms with Crippen molar-refractivity contribution in [3.05, 3.63) is 18.0 Å². The summed E-state index contributed by atoms with van der Waals surface area (Å²) in [6.07, 6.45) is 3.73. The first-order valence-electron chi connectivity index (χ1n) is 3.01. The van der Waals surface area contributed by atoms with E-state index in [-0.39, 0.29) is 5.91 Å². The molecule has 0 fully saturated rings. The van der Waals surface area contributed by atoms with Gasteiger partial charge in [-0.25, -0.2) is 0 Å². The van der Waals surface area contributed by atoms with Gasteiger partial charge in [0.05, 0.1) is 12.6 Å². The second-order valence-corrected chi connectivity index (χ2v) is 1.96. The molecule has 1 heterocycles. The summed E-state index contributed by atoms with van der Waals surface area (Å²) in [5.74, 6) is 0.00130. The molecule has 0 atom stereocenters. The maximum absolute atomic E-state index is 10.7. The van der Waals surface area contributed by atoms with E-state index in [2.05, 4.69) is 15.5 Å². The molecule has 1 rings (SSSR count). The zero-order chi connectivity index (χ0) is 7.40. The molecule has 1 amide bonds. The van der Waals surface area contributed by atoms with Crippen LogP contribution >= 0.6 is 0 Å². The van der Waals surface area contributed by atoms with Crippen LogP contribution in [0.1, 0.15) is 5.56 Å². The van der Waals surface area contributed by atoms with Gasteiger partial charge in [0.15, 0.2) is 0 Å². The number of hydrogen-bond acceptors (Lipinski definition) is 2. The number of H-pyrrole nitrogens is 1. The van der Waals surface area contributed by atoms with Gasteiger partial charge in [0.2, 0.25) is 5.91 Å². The van der Waals surface area contributed by atoms with E-state index in [0.717, 1.165) is 5.56 Å². The van der Waals surface area contributed by atoms with Crippen LogP contribution in [0.4, 0.5) is 0 Å². The van der Waals surface area contributed by atoms with E-state index < -0.39 is 0 Å². The number of amides is 1. The molecule has 10 heavy (non-hydrogen) atoms. The van der Waals surface area contributed by atoms with Crippen molar-refractivity contribution in [1.29, 1.82) is 0 Å². The van der Waals surface area contributed by atoms with E-state index in [1.54, 1.807) is 19.4 Å². The second kappa shape index (κ2) is 3.00. The third kappa shape index (κ3) is 1.58. The first kappa shape index (κ1) is 6.80. The fourth-order valence-electron chi connectivity index (χ4n) is 0.648. The van der Waals surface area contributed by atoms with Gasteiger partial charge in [-0.1, -0.05) is 0 Å². The lowest BCUT2D eigenvalue weighted by Crippen LogP contribution is -2.19. The van der Waals surface area contributed by atoms with Gasteiger partial charge < -0.3 is 5.32 Å². The van der Waals surface area contributed by atoms with Crippen molar-refractivity contribution in [1.82, 2.24) is 15.5 Å². The Balaban J connectivity index is 2.48. The van der Waals surface area contributed by atoms with Gasteiger partial charge in [0.25, 0.3) is 0 Å². The van der Waals surface area contributed by atoms with E-state index in [0.29, 0.717) is 6.42 Å². The van der Waals surface area contributed by atoms with Crippen LogP contribution in [0.15, 0.2) is 12.4 Å². The highest BCUT2D eigenvalue weighted by Gasteiger charge is 1.99. The van der Waals surface area contributed by atoms with Gasteiger partial charge in [-0.05, 0) is 5.56 Å². The summed E-state index contributed by atoms with van der Waals surface area (Å²) >= 11 is 0. The predicted molar refractivity (Wildman–Crippen MR) is 36.4 cm³/mol. The van der Waals surface area contributed by atoms with Gasteiger partial charge in [-0.2, -0.15) is 5.10 Å². The van der Waals surface area contributed by atoms with Crippen molar-refractivity contribution < 1.29 is 4.79 Å². The number of carbonyl (C=O) groups excluding carboxylic acids is 1. The lowest BCUT2D eigenvalue weighted by molar-refractivity contribution is -0.119. The van der Waals surface area contributed by atoms with Gasteiger partial charge in [-0.3, -0.25) is 9.89 Å². The Morgan fingerprint density at radius 3 is 3.20 bits per heavy atom. The van der Waals surface area contributed by atoms with Crippen molar-refractivity contribution in [2.24, 2.45) is 0 Å². The zero-order valence-corrected chi connectivity index (χ0v) is 5.72. The number of rotatable bonds is 2. The van der Waals surface area contributed by atoms with Crippen molar-refractivity contribution in [3.63, 3.8) is 0 Å². The van der Waals surface area contributed by atoms with Crippen LogP contribution in [0.5, 0.6) is 0 Å². The van der Waals surface area contributed by atoms with Crippen LogP contribution < -0.4 is 5.32 Å². The smallest absolute Gasteiger partial charge is 0.224 e. The predicted octanol–water partition coefficient (Wildman–Crippen LogP) is -0.302. The molecule has 0 aliphatic rings. The molecule has 54 valence electrons. The maximum atomic E-state index is 10.7. The molecule has 4 nitrogen and oxygen atoms in total. The number of likely N-dealkylation sites (N-methyl/N-ethyl adjacent to an activating group) is 1. The minimum atomic E-state index is 0.00130.